The van der Waals surface area contributed by atoms with Gasteiger partial charge in [0.1, 0.15) is 0 Å². The van der Waals surface area contributed by atoms with Crippen molar-refractivity contribution in [2.75, 3.05) is 46.4 Å². The molecule has 184 valence electrons. The van der Waals surface area contributed by atoms with E-state index >= 15 is 0 Å². The third-order valence-corrected chi connectivity index (χ3v) is 7.08. The molecule has 7 nitrogen and oxygen atoms in total. The number of nitrogens with zero attached hydrogens (tertiary/aromatic N) is 3. The fraction of sp³-hybridized carbons (Fsp3) is 0.680. The molecule has 3 fully saturated rings. The monoisotopic (exact) mass is 569 g/mol. The standard InChI is InChI=1S/C25H39N5O2.HI/c1-26-25(28-23-11-12-30(19-23)24(31)20-7-3-2-4-8-20)27-17-21-9-5-6-10-22(21)18-29-13-15-32-16-14-29;/h5-6,9-10,20,23H,2-4,7-8,11-19H2,1H3,(H2,26,27,28);1H. The maximum atomic E-state index is 12.9. The first-order chi connectivity index (χ1) is 15.7. The van der Waals surface area contributed by atoms with Crippen molar-refractivity contribution >= 4 is 35.8 Å². The molecule has 1 aliphatic carbocycles. The number of ether oxygens (including phenoxy) is 1. The average Bonchev–Trinajstić information content (AvgIpc) is 3.32. The molecule has 0 radical (unpaired) electrons. The summed E-state index contributed by atoms with van der Waals surface area (Å²) in [4.78, 5) is 21.8. The van der Waals surface area contributed by atoms with Gasteiger partial charge in [-0.25, -0.2) is 0 Å². The maximum Gasteiger partial charge on any atom is 0.225 e. The van der Waals surface area contributed by atoms with Crippen molar-refractivity contribution in [2.24, 2.45) is 10.9 Å². The third-order valence-electron chi connectivity index (χ3n) is 7.08. The second-order valence-corrected chi connectivity index (χ2v) is 9.33. The maximum absolute atomic E-state index is 12.9. The predicted molar refractivity (Wildman–Crippen MR) is 143 cm³/mol. The fourth-order valence-corrected chi connectivity index (χ4v) is 5.14. The molecule has 1 unspecified atom stereocenters. The molecule has 1 amide bonds. The Morgan fingerprint density at radius 2 is 1.79 bits per heavy atom. The summed E-state index contributed by atoms with van der Waals surface area (Å²) >= 11 is 0. The lowest BCUT2D eigenvalue weighted by molar-refractivity contribution is -0.135. The smallest absolute Gasteiger partial charge is 0.225 e. The van der Waals surface area contributed by atoms with Crippen LogP contribution in [0.1, 0.15) is 49.7 Å². The molecule has 2 aliphatic heterocycles. The number of benzene rings is 1. The lowest BCUT2D eigenvalue weighted by Crippen LogP contribution is -2.45. The van der Waals surface area contributed by atoms with Crippen molar-refractivity contribution < 1.29 is 9.53 Å². The second-order valence-electron chi connectivity index (χ2n) is 9.33. The van der Waals surface area contributed by atoms with Gasteiger partial charge < -0.3 is 20.3 Å². The van der Waals surface area contributed by atoms with Crippen molar-refractivity contribution in [3.63, 3.8) is 0 Å². The molecule has 1 aromatic carbocycles. The number of hydrogen-bond acceptors (Lipinski definition) is 4. The largest absolute Gasteiger partial charge is 0.379 e. The summed E-state index contributed by atoms with van der Waals surface area (Å²) < 4.78 is 5.48. The Balaban J connectivity index is 0.00000306. The van der Waals surface area contributed by atoms with Crippen LogP contribution in [0.4, 0.5) is 0 Å². The molecular weight excluding hydrogens is 529 g/mol. The van der Waals surface area contributed by atoms with E-state index in [0.717, 1.165) is 77.7 Å². The van der Waals surface area contributed by atoms with Crippen LogP contribution in [0.5, 0.6) is 0 Å². The number of nitrogens with one attached hydrogen (secondary N) is 2. The summed E-state index contributed by atoms with van der Waals surface area (Å²) in [5.41, 5.74) is 2.64. The van der Waals surface area contributed by atoms with Gasteiger partial charge in [-0.15, -0.1) is 24.0 Å². The number of likely N-dealkylation sites (tertiary alicyclic amines) is 1. The number of guanidine groups is 1. The van der Waals surface area contributed by atoms with E-state index in [1.54, 1.807) is 0 Å². The van der Waals surface area contributed by atoms with Crippen LogP contribution in [0.2, 0.25) is 0 Å². The highest BCUT2D eigenvalue weighted by atomic mass is 127. The zero-order valence-electron chi connectivity index (χ0n) is 19.9. The van der Waals surface area contributed by atoms with Crippen LogP contribution >= 0.6 is 24.0 Å². The lowest BCUT2D eigenvalue weighted by atomic mass is 9.88. The summed E-state index contributed by atoms with van der Waals surface area (Å²) in [5, 5.41) is 7.03. The van der Waals surface area contributed by atoms with Gasteiger partial charge in [-0.3, -0.25) is 14.7 Å². The van der Waals surface area contributed by atoms with Crippen LogP contribution in [0.15, 0.2) is 29.3 Å². The van der Waals surface area contributed by atoms with Gasteiger partial charge in [0.15, 0.2) is 5.96 Å². The van der Waals surface area contributed by atoms with Crippen LogP contribution in [-0.4, -0.2) is 74.1 Å². The Morgan fingerprint density at radius 1 is 1.06 bits per heavy atom. The number of hydrogen-bond donors (Lipinski definition) is 2. The van der Waals surface area contributed by atoms with Crippen LogP contribution in [-0.2, 0) is 22.6 Å². The second kappa shape index (κ2) is 13.5. The van der Waals surface area contributed by atoms with Gasteiger partial charge in [0.05, 0.1) is 13.2 Å². The molecule has 0 bridgehead atoms. The molecule has 3 aliphatic rings. The van der Waals surface area contributed by atoms with E-state index in [4.69, 9.17) is 4.74 Å². The number of carbonyl (C=O) groups excluding carboxylic acids is 1. The van der Waals surface area contributed by atoms with E-state index in [2.05, 4.69) is 49.7 Å². The highest BCUT2D eigenvalue weighted by Gasteiger charge is 2.31. The number of rotatable bonds is 6. The van der Waals surface area contributed by atoms with Gasteiger partial charge in [0, 0.05) is 58.3 Å². The van der Waals surface area contributed by atoms with E-state index in [1.807, 2.05) is 7.05 Å². The molecule has 0 spiro atoms. The molecule has 1 saturated carbocycles. The number of halogens is 1. The summed E-state index contributed by atoms with van der Waals surface area (Å²) in [7, 11) is 1.81. The van der Waals surface area contributed by atoms with Crippen molar-refractivity contribution in [3.05, 3.63) is 35.4 Å². The fourth-order valence-electron chi connectivity index (χ4n) is 5.14. The van der Waals surface area contributed by atoms with Crippen molar-refractivity contribution in [1.82, 2.24) is 20.4 Å². The molecule has 2 N–H and O–H groups in total. The van der Waals surface area contributed by atoms with Gasteiger partial charge >= 0.3 is 0 Å². The zero-order valence-corrected chi connectivity index (χ0v) is 22.3. The first-order valence-electron chi connectivity index (χ1n) is 12.4. The normalized spacial score (nSPS) is 22.6. The number of carbonyl (C=O) groups is 1. The Bertz CT molecular complexity index is 778. The van der Waals surface area contributed by atoms with Crippen LogP contribution in [0, 0.1) is 5.92 Å². The molecular formula is C25H40IN5O2. The summed E-state index contributed by atoms with van der Waals surface area (Å²) in [6.45, 7) is 6.94. The minimum Gasteiger partial charge on any atom is -0.379 e. The molecule has 4 rings (SSSR count). The van der Waals surface area contributed by atoms with Gasteiger partial charge in [-0.1, -0.05) is 43.5 Å². The summed E-state index contributed by atoms with van der Waals surface area (Å²) in [6, 6.07) is 8.88. The van der Waals surface area contributed by atoms with Crippen LogP contribution < -0.4 is 10.6 Å². The Hall–Kier alpha value is -1.39. The molecule has 0 aromatic heterocycles. The first kappa shape index (κ1) is 26.2. The SMILES string of the molecule is CN=C(NCc1ccccc1CN1CCOCC1)NC1CCN(C(=O)C2CCCCC2)C1.I. The van der Waals surface area contributed by atoms with Crippen molar-refractivity contribution in [2.45, 2.75) is 57.7 Å². The van der Waals surface area contributed by atoms with Gasteiger partial charge in [0.2, 0.25) is 5.91 Å². The zero-order chi connectivity index (χ0) is 22.2. The van der Waals surface area contributed by atoms with E-state index in [0.29, 0.717) is 5.91 Å². The molecule has 1 aromatic rings. The number of aliphatic imine (C=N–C) groups is 1. The lowest BCUT2D eigenvalue weighted by Gasteiger charge is -2.27. The van der Waals surface area contributed by atoms with Gasteiger partial charge in [-0.2, -0.15) is 0 Å². The van der Waals surface area contributed by atoms with E-state index in [1.165, 1.54) is 30.4 Å². The van der Waals surface area contributed by atoms with E-state index < -0.39 is 0 Å². The van der Waals surface area contributed by atoms with Crippen molar-refractivity contribution in [3.8, 4) is 0 Å². The third kappa shape index (κ3) is 7.55. The molecule has 2 saturated heterocycles. The van der Waals surface area contributed by atoms with Gasteiger partial charge in [-0.05, 0) is 30.4 Å². The molecule has 1 atom stereocenters. The minimum atomic E-state index is 0. The van der Waals surface area contributed by atoms with Crippen LogP contribution in [0.3, 0.4) is 0 Å². The number of amides is 1. The van der Waals surface area contributed by atoms with E-state index in [-0.39, 0.29) is 35.9 Å². The summed E-state index contributed by atoms with van der Waals surface area (Å²) in [5.74, 6) is 1.43. The topological polar surface area (TPSA) is 69.2 Å². The molecule has 2 heterocycles. The van der Waals surface area contributed by atoms with Gasteiger partial charge in [0.25, 0.3) is 0 Å². The van der Waals surface area contributed by atoms with Crippen molar-refractivity contribution in [1.29, 1.82) is 0 Å². The minimum absolute atomic E-state index is 0. The highest BCUT2D eigenvalue weighted by Crippen LogP contribution is 2.26. The van der Waals surface area contributed by atoms with E-state index in [9.17, 15) is 4.79 Å². The Labute approximate surface area is 215 Å². The summed E-state index contributed by atoms with van der Waals surface area (Å²) in [6.07, 6.45) is 6.81. The first-order valence-corrected chi connectivity index (χ1v) is 12.4. The highest BCUT2D eigenvalue weighted by molar-refractivity contribution is 14.0. The average molecular weight is 570 g/mol. The number of morpholine rings is 1. The Morgan fingerprint density at radius 3 is 2.52 bits per heavy atom. The quantitative estimate of drug-likeness (QED) is 0.314. The predicted octanol–water partition coefficient (Wildman–Crippen LogP) is 2.98. The van der Waals surface area contributed by atoms with Crippen LogP contribution in [0.25, 0.3) is 0 Å². The molecule has 33 heavy (non-hydrogen) atoms. The Kier molecular flexibility index (Phi) is 10.7. The molecule has 8 heteroatoms.